The van der Waals surface area contributed by atoms with E-state index in [1.807, 2.05) is 0 Å². The second-order valence-electron chi connectivity index (χ2n) is 3.02. The second-order valence-corrected chi connectivity index (χ2v) is 3.02. The van der Waals surface area contributed by atoms with Gasteiger partial charge in [-0.05, 0) is 12.8 Å². The molecule has 0 aliphatic carbocycles. The molecule has 0 saturated heterocycles. The summed E-state index contributed by atoms with van der Waals surface area (Å²) in [5, 5.41) is 10.8. The first-order chi connectivity index (χ1) is 6.54. The van der Waals surface area contributed by atoms with Crippen LogP contribution in [0.25, 0.3) is 0 Å². The standard InChI is InChI=1S/C9H15NO4/c1-7(11)9(14)10-6-4-2-3-5-8(12)13/h2-6H2,1H3,(H,10,14)(H,12,13). The number of unbranched alkanes of at least 4 members (excludes halogenated alkanes) is 2. The second kappa shape index (κ2) is 7.06. The van der Waals surface area contributed by atoms with E-state index in [0.717, 1.165) is 6.42 Å². The molecule has 0 aromatic heterocycles. The number of carboxylic acid groups (broad SMARTS) is 1. The molecule has 0 spiro atoms. The number of ketones is 1. The van der Waals surface area contributed by atoms with Crippen LogP contribution in [0.2, 0.25) is 0 Å². The zero-order valence-corrected chi connectivity index (χ0v) is 8.21. The van der Waals surface area contributed by atoms with E-state index in [2.05, 4.69) is 5.32 Å². The molecule has 0 aromatic carbocycles. The molecule has 2 N–H and O–H groups in total. The zero-order chi connectivity index (χ0) is 11.0. The van der Waals surface area contributed by atoms with E-state index < -0.39 is 17.7 Å². The van der Waals surface area contributed by atoms with Gasteiger partial charge in [-0.3, -0.25) is 14.4 Å². The normalized spacial score (nSPS) is 9.50. The lowest BCUT2D eigenvalue weighted by Crippen LogP contribution is -2.29. The van der Waals surface area contributed by atoms with E-state index in [9.17, 15) is 14.4 Å². The zero-order valence-electron chi connectivity index (χ0n) is 8.21. The van der Waals surface area contributed by atoms with Crippen LogP contribution < -0.4 is 5.32 Å². The Morgan fingerprint density at radius 3 is 2.29 bits per heavy atom. The molecule has 0 aliphatic rings. The van der Waals surface area contributed by atoms with Gasteiger partial charge in [-0.25, -0.2) is 0 Å². The molecule has 0 fully saturated rings. The number of hydrogen-bond donors (Lipinski definition) is 2. The monoisotopic (exact) mass is 201 g/mol. The van der Waals surface area contributed by atoms with Crippen molar-refractivity contribution in [3.05, 3.63) is 0 Å². The molecule has 0 saturated carbocycles. The molecule has 1 amide bonds. The van der Waals surface area contributed by atoms with Gasteiger partial charge in [-0.2, -0.15) is 0 Å². The molecule has 5 heteroatoms. The van der Waals surface area contributed by atoms with Crippen LogP contribution in [0.5, 0.6) is 0 Å². The molecule has 14 heavy (non-hydrogen) atoms. The number of aliphatic carboxylic acids is 1. The predicted molar refractivity (Wildman–Crippen MR) is 49.8 cm³/mol. The highest BCUT2D eigenvalue weighted by Gasteiger charge is 2.04. The van der Waals surface area contributed by atoms with Gasteiger partial charge >= 0.3 is 5.97 Å². The fourth-order valence-electron chi connectivity index (χ4n) is 0.904. The lowest BCUT2D eigenvalue weighted by Gasteiger charge is -2.01. The Morgan fingerprint density at radius 2 is 1.79 bits per heavy atom. The molecular formula is C9H15NO4. The van der Waals surface area contributed by atoms with E-state index in [-0.39, 0.29) is 6.42 Å². The van der Waals surface area contributed by atoms with Crippen LogP contribution in [0.15, 0.2) is 0 Å². The highest BCUT2D eigenvalue weighted by molar-refractivity contribution is 6.35. The number of hydrogen-bond acceptors (Lipinski definition) is 3. The SMILES string of the molecule is CC(=O)C(=O)NCCCCCC(=O)O. The van der Waals surface area contributed by atoms with Gasteiger partial charge in [0.25, 0.3) is 5.91 Å². The summed E-state index contributed by atoms with van der Waals surface area (Å²) in [6, 6.07) is 0. The summed E-state index contributed by atoms with van der Waals surface area (Å²) in [7, 11) is 0. The number of carbonyl (C=O) groups excluding carboxylic acids is 2. The Labute approximate surface area is 82.5 Å². The van der Waals surface area contributed by atoms with Gasteiger partial charge in [-0.1, -0.05) is 6.42 Å². The summed E-state index contributed by atoms with van der Waals surface area (Å²) in [6.45, 7) is 1.64. The van der Waals surface area contributed by atoms with Gasteiger partial charge in [0.1, 0.15) is 0 Å². The van der Waals surface area contributed by atoms with E-state index in [0.29, 0.717) is 19.4 Å². The van der Waals surface area contributed by atoms with Crippen molar-refractivity contribution in [1.82, 2.24) is 5.32 Å². The van der Waals surface area contributed by atoms with Crippen molar-refractivity contribution in [2.75, 3.05) is 6.54 Å². The molecule has 0 unspecified atom stereocenters. The minimum Gasteiger partial charge on any atom is -0.481 e. The number of carbonyl (C=O) groups is 3. The Bertz CT molecular complexity index is 225. The maximum absolute atomic E-state index is 10.7. The summed E-state index contributed by atoms with van der Waals surface area (Å²) < 4.78 is 0. The maximum atomic E-state index is 10.7. The Hall–Kier alpha value is -1.39. The number of carboxylic acids is 1. The molecule has 0 aliphatic heterocycles. The Balaban J connectivity index is 3.26. The van der Waals surface area contributed by atoms with E-state index in [1.54, 1.807) is 0 Å². The van der Waals surface area contributed by atoms with Crippen molar-refractivity contribution in [3.8, 4) is 0 Å². The largest absolute Gasteiger partial charge is 0.481 e. The van der Waals surface area contributed by atoms with Crippen molar-refractivity contribution in [3.63, 3.8) is 0 Å². The minimum atomic E-state index is -0.808. The highest BCUT2D eigenvalue weighted by atomic mass is 16.4. The lowest BCUT2D eigenvalue weighted by atomic mass is 10.2. The first-order valence-electron chi connectivity index (χ1n) is 4.54. The predicted octanol–water partition coefficient (Wildman–Crippen LogP) is 0.337. The third kappa shape index (κ3) is 7.27. The smallest absolute Gasteiger partial charge is 0.303 e. The van der Waals surface area contributed by atoms with Crippen LogP contribution in [0, 0.1) is 0 Å². The summed E-state index contributed by atoms with van der Waals surface area (Å²) in [4.78, 5) is 31.3. The molecule has 0 atom stereocenters. The Morgan fingerprint density at radius 1 is 1.14 bits per heavy atom. The third-order valence-corrected chi connectivity index (χ3v) is 1.67. The van der Waals surface area contributed by atoms with Crippen LogP contribution in [0.4, 0.5) is 0 Å². The fourth-order valence-corrected chi connectivity index (χ4v) is 0.904. The van der Waals surface area contributed by atoms with Gasteiger partial charge in [0.2, 0.25) is 5.78 Å². The van der Waals surface area contributed by atoms with Gasteiger partial charge < -0.3 is 10.4 Å². The van der Waals surface area contributed by atoms with Crippen molar-refractivity contribution >= 4 is 17.7 Å². The van der Waals surface area contributed by atoms with Gasteiger partial charge in [0.15, 0.2) is 0 Å². The van der Waals surface area contributed by atoms with E-state index in [4.69, 9.17) is 5.11 Å². The van der Waals surface area contributed by atoms with Crippen LogP contribution in [-0.4, -0.2) is 29.3 Å². The topological polar surface area (TPSA) is 83.5 Å². The van der Waals surface area contributed by atoms with Gasteiger partial charge in [0, 0.05) is 19.9 Å². The molecule has 0 radical (unpaired) electrons. The number of nitrogens with one attached hydrogen (secondary N) is 1. The fraction of sp³-hybridized carbons (Fsp3) is 0.667. The van der Waals surface area contributed by atoms with Crippen molar-refractivity contribution in [1.29, 1.82) is 0 Å². The summed E-state index contributed by atoms with van der Waals surface area (Å²) in [5.41, 5.74) is 0. The number of Topliss-reactive ketones (excluding diaryl/α,β-unsaturated/α-hetero) is 1. The lowest BCUT2D eigenvalue weighted by molar-refractivity contribution is -0.137. The van der Waals surface area contributed by atoms with Crippen LogP contribution >= 0.6 is 0 Å². The van der Waals surface area contributed by atoms with Crippen molar-refractivity contribution in [2.24, 2.45) is 0 Å². The number of amides is 1. The molecule has 0 rings (SSSR count). The molecule has 5 nitrogen and oxygen atoms in total. The molecule has 80 valence electrons. The van der Waals surface area contributed by atoms with E-state index >= 15 is 0 Å². The van der Waals surface area contributed by atoms with Gasteiger partial charge in [0.05, 0.1) is 0 Å². The first kappa shape index (κ1) is 12.6. The van der Waals surface area contributed by atoms with Crippen LogP contribution in [-0.2, 0) is 14.4 Å². The molecule has 0 heterocycles. The van der Waals surface area contributed by atoms with Crippen LogP contribution in [0.1, 0.15) is 32.6 Å². The van der Waals surface area contributed by atoms with Crippen molar-refractivity contribution in [2.45, 2.75) is 32.6 Å². The average Bonchev–Trinajstić information content (AvgIpc) is 2.09. The summed E-state index contributed by atoms with van der Waals surface area (Å²) in [5.74, 6) is -1.89. The molecule has 0 aromatic rings. The molecular weight excluding hydrogens is 186 g/mol. The van der Waals surface area contributed by atoms with Gasteiger partial charge in [-0.15, -0.1) is 0 Å². The Kier molecular flexibility index (Phi) is 6.36. The van der Waals surface area contributed by atoms with Crippen LogP contribution in [0.3, 0.4) is 0 Å². The van der Waals surface area contributed by atoms with Crippen molar-refractivity contribution < 1.29 is 19.5 Å². The molecule has 0 bridgehead atoms. The number of rotatable bonds is 7. The highest BCUT2D eigenvalue weighted by Crippen LogP contribution is 1.98. The first-order valence-corrected chi connectivity index (χ1v) is 4.54. The summed E-state index contributed by atoms with van der Waals surface area (Å²) in [6.07, 6.45) is 2.20. The minimum absolute atomic E-state index is 0.153. The quantitative estimate of drug-likeness (QED) is 0.459. The average molecular weight is 201 g/mol. The van der Waals surface area contributed by atoms with E-state index in [1.165, 1.54) is 6.92 Å². The maximum Gasteiger partial charge on any atom is 0.303 e. The summed E-state index contributed by atoms with van der Waals surface area (Å²) >= 11 is 0. The third-order valence-electron chi connectivity index (χ3n) is 1.67.